The zero-order valence-electron chi connectivity index (χ0n) is 12.8. The highest BCUT2D eigenvalue weighted by Crippen LogP contribution is 2.31. The average molecular weight is 348 g/mol. The predicted octanol–water partition coefficient (Wildman–Crippen LogP) is 5.80. The molecule has 0 saturated carbocycles. The molecule has 1 atom stereocenters. The molecule has 0 saturated heterocycles. The lowest BCUT2D eigenvalue weighted by Gasteiger charge is -2.22. The number of nitrogens with one attached hydrogen (secondary N) is 1. The average Bonchev–Trinajstić information content (AvgIpc) is 2.45. The molecular formula is C18H22BrNO. The van der Waals surface area contributed by atoms with E-state index in [0.717, 1.165) is 22.3 Å². The van der Waals surface area contributed by atoms with Crippen molar-refractivity contribution in [3.8, 4) is 5.75 Å². The zero-order valence-corrected chi connectivity index (χ0v) is 14.4. The van der Waals surface area contributed by atoms with Crippen LogP contribution in [0.5, 0.6) is 5.75 Å². The highest BCUT2D eigenvalue weighted by molar-refractivity contribution is 9.10. The zero-order chi connectivity index (χ0) is 15.2. The van der Waals surface area contributed by atoms with Crippen LogP contribution in [-0.2, 0) is 0 Å². The van der Waals surface area contributed by atoms with Crippen molar-refractivity contribution < 1.29 is 4.74 Å². The molecule has 2 aromatic carbocycles. The molecule has 0 fully saturated rings. The molecule has 112 valence electrons. The third-order valence-electron chi connectivity index (χ3n) is 3.24. The number of para-hydroxylation sites is 2. The van der Waals surface area contributed by atoms with Crippen molar-refractivity contribution in [1.82, 2.24) is 0 Å². The molecule has 0 aromatic heterocycles. The van der Waals surface area contributed by atoms with Crippen molar-refractivity contribution in [2.24, 2.45) is 0 Å². The van der Waals surface area contributed by atoms with Crippen molar-refractivity contribution in [3.05, 3.63) is 58.6 Å². The quantitative estimate of drug-likeness (QED) is 0.712. The van der Waals surface area contributed by atoms with Gasteiger partial charge in [-0.25, -0.2) is 0 Å². The first-order valence-corrected chi connectivity index (χ1v) is 8.17. The SMILES string of the molecule is CCC(Nc1ccccc1OC(C)C)c1cccc(Br)c1. The van der Waals surface area contributed by atoms with Crippen LogP contribution in [-0.4, -0.2) is 6.10 Å². The molecule has 0 heterocycles. The first-order valence-electron chi connectivity index (χ1n) is 7.37. The second-order valence-electron chi connectivity index (χ2n) is 5.32. The lowest BCUT2D eigenvalue weighted by Crippen LogP contribution is -2.12. The molecule has 0 aliphatic heterocycles. The Balaban J connectivity index is 2.23. The van der Waals surface area contributed by atoms with E-state index in [4.69, 9.17) is 4.74 Å². The Morgan fingerprint density at radius 2 is 1.86 bits per heavy atom. The third kappa shape index (κ3) is 4.50. The summed E-state index contributed by atoms with van der Waals surface area (Å²) in [6.07, 6.45) is 1.17. The number of halogens is 1. The molecule has 3 heteroatoms. The lowest BCUT2D eigenvalue weighted by atomic mass is 10.0. The normalized spacial score (nSPS) is 12.2. The van der Waals surface area contributed by atoms with Gasteiger partial charge in [-0.1, -0.05) is 47.1 Å². The first-order chi connectivity index (χ1) is 10.1. The van der Waals surface area contributed by atoms with E-state index >= 15 is 0 Å². The van der Waals surface area contributed by atoms with Crippen molar-refractivity contribution in [1.29, 1.82) is 0 Å². The summed E-state index contributed by atoms with van der Waals surface area (Å²) in [5, 5.41) is 3.60. The Hall–Kier alpha value is -1.48. The second-order valence-corrected chi connectivity index (χ2v) is 6.24. The maximum absolute atomic E-state index is 5.88. The molecular weight excluding hydrogens is 326 g/mol. The molecule has 1 unspecified atom stereocenters. The summed E-state index contributed by atoms with van der Waals surface area (Å²) in [6.45, 7) is 6.27. The summed E-state index contributed by atoms with van der Waals surface area (Å²) in [4.78, 5) is 0. The fourth-order valence-corrected chi connectivity index (χ4v) is 2.69. The standard InChI is InChI=1S/C18H22BrNO/c1-4-16(14-8-7-9-15(19)12-14)20-17-10-5-6-11-18(17)21-13(2)3/h5-13,16,20H,4H2,1-3H3. The van der Waals surface area contributed by atoms with Crippen LogP contribution in [0, 0.1) is 0 Å². The van der Waals surface area contributed by atoms with E-state index in [0.29, 0.717) is 0 Å². The van der Waals surface area contributed by atoms with Crippen molar-refractivity contribution in [2.75, 3.05) is 5.32 Å². The number of hydrogen-bond acceptors (Lipinski definition) is 2. The summed E-state index contributed by atoms with van der Waals surface area (Å²) in [7, 11) is 0. The van der Waals surface area contributed by atoms with Crippen LogP contribution in [0.25, 0.3) is 0 Å². The summed E-state index contributed by atoms with van der Waals surface area (Å²) in [6, 6.07) is 16.8. The molecule has 0 bridgehead atoms. The first kappa shape index (κ1) is 15.9. The maximum Gasteiger partial charge on any atom is 0.142 e. The van der Waals surface area contributed by atoms with Gasteiger partial charge in [0.15, 0.2) is 0 Å². The van der Waals surface area contributed by atoms with E-state index < -0.39 is 0 Å². The van der Waals surface area contributed by atoms with Gasteiger partial charge in [0, 0.05) is 4.47 Å². The largest absolute Gasteiger partial charge is 0.489 e. The van der Waals surface area contributed by atoms with Crippen molar-refractivity contribution in [3.63, 3.8) is 0 Å². The molecule has 0 aliphatic rings. The topological polar surface area (TPSA) is 21.3 Å². The highest BCUT2D eigenvalue weighted by atomic mass is 79.9. The van der Waals surface area contributed by atoms with E-state index in [2.05, 4.69) is 52.4 Å². The Morgan fingerprint density at radius 1 is 1.10 bits per heavy atom. The number of hydrogen-bond donors (Lipinski definition) is 1. The monoisotopic (exact) mass is 347 g/mol. The second kappa shape index (κ2) is 7.51. The van der Waals surface area contributed by atoms with Crippen molar-refractivity contribution >= 4 is 21.6 Å². The number of rotatable bonds is 6. The van der Waals surface area contributed by atoms with Crippen LogP contribution in [0.15, 0.2) is 53.0 Å². The van der Waals surface area contributed by atoms with Crippen molar-refractivity contribution in [2.45, 2.75) is 39.3 Å². The van der Waals surface area contributed by atoms with Crippen LogP contribution in [0.4, 0.5) is 5.69 Å². The third-order valence-corrected chi connectivity index (χ3v) is 3.73. The van der Waals surface area contributed by atoms with E-state index in [-0.39, 0.29) is 12.1 Å². The highest BCUT2D eigenvalue weighted by Gasteiger charge is 2.12. The van der Waals surface area contributed by atoms with Crippen LogP contribution >= 0.6 is 15.9 Å². The fourth-order valence-electron chi connectivity index (χ4n) is 2.27. The Labute approximate surface area is 135 Å². The van der Waals surface area contributed by atoms with Gasteiger partial charge in [-0.05, 0) is 50.1 Å². The Kier molecular flexibility index (Phi) is 5.68. The molecule has 0 radical (unpaired) electrons. The molecule has 21 heavy (non-hydrogen) atoms. The van der Waals surface area contributed by atoms with Gasteiger partial charge in [-0.15, -0.1) is 0 Å². The number of ether oxygens (including phenoxy) is 1. The van der Waals surface area contributed by atoms with Crippen LogP contribution in [0.2, 0.25) is 0 Å². The van der Waals surface area contributed by atoms with E-state index in [1.54, 1.807) is 0 Å². The summed E-state index contributed by atoms with van der Waals surface area (Å²) in [5.74, 6) is 0.904. The molecule has 2 rings (SSSR count). The molecule has 2 nitrogen and oxygen atoms in total. The fraction of sp³-hybridized carbons (Fsp3) is 0.333. The van der Waals surface area contributed by atoms with Gasteiger partial charge in [-0.2, -0.15) is 0 Å². The number of benzene rings is 2. The van der Waals surface area contributed by atoms with Gasteiger partial charge >= 0.3 is 0 Å². The van der Waals surface area contributed by atoms with Crippen LogP contribution < -0.4 is 10.1 Å². The predicted molar refractivity (Wildman–Crippen MR) is 93.0 cm³/mol. The van der Waals surface area contributed by atoms with Gasteiger partial charge in [-0.3, -0.25) is 0 Å². The van der Waals surface area contributed by atoms with Crippen LogP contribution in [0.1, 0.15) is 38.8 Å². The Bertz CT molecular complexity index is 583. The van der Waals surface area contributed by atoms with Crippen LogP contribution in [0.3, 0.4) is 0 Å². The minimum absolute atomic E-state index is 0.166. The van der Waals surface area contributed by atoms with E-state index in [1.165, 1.54) is 5.56 Å². The molecule has 0 spiro atoms. The number of anilines is 1. The Morgan fingerprint density at radius 3 is 2.52 bits per heavy atom. The lowest BCUT2D eigenvalue weighted by molar-refractivity contribution is 0.243. The molecule has 1 N–H and O–H groups in total. The van der Waals surface area contributed by atoms with Gasteiger partial charge in [0.25, 0.3) is 0 Å². The summed E-state index contributed by atoms with van der Waals surface area (Å²) in [5.41, 5.74) is 2.31. The van der Waals surface area contributed by atoms with E-state index in [1.807, 2.05) is 38.1 Å². The van der Waals surface area contributed by atoms with Gasteiger partial charge in [0.1, 0.15) is 5.75 Å². The smallest absolute Gasteiger partial charge is 0.142 e. The van der Waals surface area contributed by atoms with E-state index in [9.17, 15) is 0 Å². The van der Waals surface area contributed by atoms with Gasteiger partial charge < -0.3 is 10.1 Å². The van der Waals surface area contributed by atoms with Gasteiger partial charge in [0.2, 0.25) is 0 Å². The summed E-state index contributed by atoms with van der Waals surface area (Å²) >= 11 is 3.54. The maximum atomic E-state index is 5.88. The molecule has 0 aliphatic carbocycles. The molecule has 0 amide bonds. The minimum atomic E-state index is 0.166. The minimum Gasteiger partial charge on any atom is -0.489 e. The summed E-state index contributed by atoms with van der Waals surface area (Å²) < 4.78 is 6.98. The molecule has 2 aromatic rings. The van der Waals surface area contributed by atoms with Gasteiger partial charge in [0.05, 0.1) is 17.8 Å².